The number of rotatable bonds is 5. The van der Waals surface area contributed by atoms with Crippen LogP contribution in [-0.4, -0.2) is 37.4 Å². The number of carbonyl (C=O) groups excluding carboxylic acids is 1. The van der Waals surface area contributed by atoms with E-state index in [2.05, 4.69) is 5.32 Å². The minimum absolute atomic E-state index is 0.187. The molecule has 1 saturated carbocycles. The molecule has 4 heteroatoms. The third-order valence-electron chi connectivity index (χ3n) is 2.64. The molecular weight excluding hydrogens is 206 g/mol. The van der Waals surface area contributed by atoms with E-state index in [1.165, 1.54) is 0 Å². The van der Waals surface area contributed by atoms with Crippen LogP contribution in [0.3, 0.4) is 0 Å². The fourth-order valence-corrected chi connectivity index (χ4v) is 1.69. The second-order valence-corrected chi connectivity index (χ2v) is 5.22. The van der Waals surface area contributed by atoms with E-state index >= 15 is 0 Å². The maximum Gasteiger partial charge on any atom is 0.308 e. The SMILES string of the molecule is CNC1CCC1OCCC(=O)OC(C)(C)C. The summed E-state index contributed by atoms with van der Waals surface area (Å²) in [6, 6.07) is 0.457. The number of hydrogen-bond acceptors (Lipinski definition) is 4. The molecule has 0 aromatic rings. The van der Waals surface area contributed by atoms with Crippen LogP contribution in [0.2, 0.25) is 0 Å². The highest BCUT2D eigenvalue weighted by Crippen LogP contribution is 2.23. The van der Waals surface area contributed by atoms with Crippen LogP contribution in [-0.2, 0) is 14.3 Å². The topological polar surface area (TPSA) is 47.6 Å². The van der Waals surface area contributed by atoms with Crippen LogP contribution in [0.15, 0.2) is 0 Å². The molecule has 0 spiro atoms. The van der Waals surface area contributed by atoms with E-state index in [0.29, 0.717) is 19.1 Å². The maximum atomic E-state index is 11.4. The van der Waals surface area contributed by atoms with Gasteiger partial charge in [-0.1, -0.05) is 0 Å². The molecule has 1 aliphatic carbocycles. The second kappa shape index (κ2) is 5.64. The molecule has 2 unspecified atom stereocenters. The zero-order valence-electron chi connectivity index (χ0n) is 10.7. The van der Waals surface area contributed by atoms with Crippen molar-refractivity contribution in [3.63, 3.8) is 0 Å². The van der Waals surface area contributed by atoms with Crippen molar-refractivity contribution < 1.29 is 14.3 Å². The van der Waals surface area contributed by atoms with Crippen molar-refractivity contribution in [2.75, 3.05) is 13.7 Å². The first-order valence-electron chi connectivity index (χ1n) is 5.93. The van der Waals surface area contributed by atoms with Crippen LogP contribution in [0.4, 0.5) is 0 Å². The lowest BCUT2D eigenvalue weighted by Gasteiger charge is -2.36. The summed E-state index contributed by atoms with van der Waals surface area (Å²) >= 11 is 0. The number of carbonyl (C=O) groups is 1. The number of esters is 1. The average Bonchev–Trinajstić information content (AvgIpc) is 2.08. The molecule has 16 heavy (non-hydrogen) atoms. The summed E-state index contributed by atoms with van der Waals surface area (Å²) in [7, 11) is 1.94. The highest BCUT2D eigenvalue weighted by atomic mass is 16.6. The third-order valence-corrected chi connectivity index (χ3v) is 2.64. The Hall–Kier alpha value is -0.610. The maximum absolute atomic E-state index is 11.4. The second-order valence-electron chi connectivity index (χ2n) is 5.22. The van der Waals surface area contributed by atoms with Gasteiger partial charge in [-0.05, 0) is 40.7 Å². The molecule has 1 rings (SSSR count). The Labute approximate surface area is 97.7 Å². The molecule has 4 nitrogen and oxygen atoms in total. The lowest BCUT2D eigenvalue weighted by Crippen LogP contribution is -2.48. The summed E-state index contributed by atoms with van der Waals surface area (Å²) in [5, 5.41) is 3.19. The van der Waals surface area contributed by atoms with Crippen molar-refractivity contribution in [3.8, 4) is 0 Å². The van der Waals surface area contributed by atoms with E-state index in [1.54, 1.807) is 0 Å². The highest BCUT2D eigenvalue weighted by molar-refractivity contribution is 5.69. The van der Waals surface area contributed by atoms with Crippen LogP contribution >= 0.6 is 0 Å². The monoisotopic (exact) mass is 229 g/mol. The zero-order valence-corrected chi connectivity index (χ0v) is 10.7. The molecule has 0 bridgehead atoms. The van der Waals surface area contributed by atoms with Crippen LogP contribution in [0, 0.1) is 0 Å². The molecule has 2 atom stereocenters. The number of nitrogens with one attached hydrogen (secondary N) is 1. The minimum Gasteiger partial charge on any atom is -0.460 e. The van der Waals surface area contributed by atoms with Gasteiger partial charge in [0.1, 0.15) is 5.60 Å². The molecule has 1 fully saturated rings. The smallest absolute Gasteiger partial charge is 0.308 e. The first-order valence-corrected chi connectivity index (χ1v) is 5.93. The largest absolute Gasteiger partial charge is 0.460 e. The van der Waals surface area contributed by atoms with E-state index < -0.39 is 5.60 Å². The molecule has 0 radical (unpaired) electrons. The summed E-state index contributed by atoms with van der Waals surface area (Å²) in [4.78, 5) is 11.4. The van der Waals surface area contributed by atoms with Gasteiger partial charge in [-0.15, -0.1) is 0 Å². The fourth-order valence-electron chi connectivity index (χ4n) is 1.69. The van der Waals surface area contributed by atoms with Gasteiger partial charge >= 0.3 is 5.97 Å². The normalized spacial score (nSPS) is 25.0. The molecule has 1 N–H and O–H groups in total. The van der Waals surface area contributed by atoms with Crippen molar-refractivity contribution in [2.24, 2.45) is 0 Å². The molecular formula is C12H23NO3. The molecule has 0 saturated heterocycles. The van der Waals surface area contributed by atoms with Gasteiger partial charge in [0, 0.05) is 6.04 Å². The molecule has 0 aromatic heterocycles. The van der Waals surface area contributed by atoms with Gasteiger partial charge in [0.2, 0.25) is 0 Å². The lowest BCUT2D eigenvalue weighted by molar-refractivity contribution is -0.157. The summed E-state index contributed by atoms with van der Waals surface area (Å²) in [5.41, 5.74) is -0.402. The van der Waals surface area contributed by atoms with Gasteiger partial charge in [0.15, 0.2) is 0 Å². The predicted molar refractivity (Wildman–Crippen MR) is 62.3 cm³/mol. The Morgan fingerprint density at radius 1 is 1.38 bits per heavy atom. The van der Waals surface area contributed by atoms with Gasteiger partial charge < -0.3 is 14.8 Å². The lowest BCUT2D eigenvalue weighted by atomic mass is 9.89. The Morgan fingerprint density at radius 2 is 2.06 bits per heavy atom. The number of likely N-dealkylation sites (N-methyl/N-ethyl adjacent to an activating group) is 1. The fraction of sp³-hybridized carbons (Fsp3) is 0.917. The van der Waals surface area contributed by atoms with Gasteiger partial charge in [-0.3, -0.25) is 4.79 Å². The van der Waals surface area contributed by atoms with E-state index in [-0.39, 0.29) is 12.1 Å². The van der Waals surface area contributed by atoms with Gasteiger partial charge in [-0.25, -0.2) is 0 Å². The quantitative estimate of drug-likeness (QED) is 0.725. The van der Waals surface area contributed by atoms with Gasteiger partial charge in [0.05, 0.1) is 19.1 Å². The average molecular weight is 229 g/mol. The Kier molecular flexibility index (Phi) is 4.74. The molecule has 0 aromatic carbocycles. The van der Waals surface area contributed by atoms with Crippen LogP contribution in [0.1, 0.15) is 40.0 Å². The Balaban J connectivity index is 2.09. The van der Waals surface area contributed by atoms with Crippen molar-refractivity contribution in [2.45, 2.75) is 57.8 Å². The Morgan fingerprint density at radius 3 is 2.50 bits per heavy atom. The molecule has 1 aliphatic rings. The molecule has 0 heterocycles. The first kappa shape index (κ1) is 13.5. The summed E-state index contributed by atoms with van der Waals surface area (Å²) in [6.07, 6.45) is 2.85. The van der Waals surface area contributed by atoms with Gasteiger partial charge in [0.25, 0.3) is 0 Å². The van der Waals surface area contributed by atoms with E-state index in [4.69, 9.17) is 9.47 Å². The van der Waals surface area contributed by atoms with Crippen molar-refractivity contribution in [1.82, 2.24) is 5.32 Å². The first-order chi connectivity index (χ1) is 7.42. The van der Waals surface area contributed by atoms with Crippen molar-refractivity contribution in [3.05, 3.63) is 0 Å². The summed E-state index contributed by atoms with van der Waals surface area (Å²) < 4.78 is 10.8. The molecule has 0 amide bonds. The zero-order chi connectivity index (χ0) is 12.2. The van der Waals surface area contributed by atoms with E-state index in [0.717, 1.165) is 12.8 Å². The van der Waals surface area contributed by atoms with Crippen LogP contribution in [0.5, 0.6) is 0 Å². The Bertz CT molecular complexity index is 233. The highest BCUT2D eigenvalue weighted by Gasteiger charge is 2.30. The minimum atomic E-state index is -0.402. The predicted octanol–water partition coefficient (Wildman–Crippen LogP) is 1.49. The summed E-state index contributed by atoms with van der Waals surface area (Å²) in [5.74, 6) is -0.187. The van der Waals surface area contributed by atoms with Crippen molar-refractivity contribution >= 4 is 5.97 Å². The summed E-state index contributed by atoms with van der Waals surface area (Å²) in [6.45, 7) is 6.07. The molecule has 94 valence electrons. The van der Waals surface area contributed by atoms with Crippen LogP contribution in [0.25, 0.3) is 0 Å². The van der Waals surface area contributed by atoms with Crippen molar-refractivity contribution in [1.29, 1.82) is 0 Å². The molecule has 0 aliphatic heterocycles. The number of hydrogen-bond donors (Lipinski definition) is 1. The van der Waals surface area contributed by atoms with E-state index in [9.17, 15) is 4.79 Å². The van der Waals surface area contributed by atoms with Gasteiger partial charge in [-0.2, -0.15) is 0 Å². The van der Waals surface area contributed by atoms with Crippen LogP contribution < -0.4 is 5.32 Å². The third kappa shape index (κ3) is 4.49. The van der Waals surface area contributed by atoms with E-state index in [1.807, 2.05) is 27.8 Å². The standard InChI is InChI=1S/C12H23NO3/c1-12(2,3)16-11(14)7-8-15-10-6-5-9(10)13-4/h9-10,13H,5-8H2,1-4H3. The number of ether oxygens (including phenoxy) is 2.